The van der Waals surface area contributed by atoms with Crippen molar-refractivity contribution < 1.29 is 14.3 Å². The van der Waals surface area contributed by atoms with E-state index in [1.54, 1.807) is 12.0 Å². The number of nitrogens with zero attached hydrogens (tertiary/aromatic N) is 1. The average molecular weight is 298 g/mol. The lowest BCUT2D eigenvalue weighted by Gasteiger charge is -2.49. The van der Waals surface area contributed by atoms with Crippen molar-refractivity contribution in [2.24, 2.45) is 5.92 Å². The van der Waals surface area contributed by atoms with Crippen molar-refractivity contribution in [3.63, 3.8) is 0 Å². The molecule has 0 bridgehead atoms. The smallest absolute Gasteiger partial charge is 0.249 e. The molecule has 3 unspecified atom stereocenters. The summed E-state index contributed by atoms with van der Waals surface area (Å²) in [5, 5.41) is 3.00. The van der Waals surface area contributed by atoms with Crippen molar-refractivity contribution >= 4 is 11.8 Å². The minimum Gasteiger partial charge on any atom is -0.383 e. The van der Waals surface area contributed by atoms with Gasteiger partial charge in [-0.2, -0.15) is 0 Å². The molecule has 1 heterocycles. The maximum absolute atomic E-state index is 13.1. The molecule has 3 atom stereocenters. The summed E-state index contributed by atoms with van der Waals surface area (Å²) >= 11 is 0. The molecule has 0 aromatic heterocycles. The van der Waals surface area contributed by atoms with Gasteiger partial charge < -0.3 is 15.0 Å². The number of nitrogens with one attached hydrogen (secondary N) is 1. The van der Waals surface area contributed by atoms with E-state index in [4.69, 9.17) is 4.74 Å². The average Bonchev–Trinajstić information content (AvgIpc) is 2.48. The van der Waals surface area contributed by atoms with Gasteiger partial charge in [0.05, 0.1) is 12.6 Å². The first kappa shape index (κ1) is 18.0. The fourth-order valence-electron chi connectivity index (χ4n) is 3.14. The van der Waals surface area contributed by atoms with Gasteiger partial charge in [-0.15, -0.1) is 0 Å². The zero-order valence-corrected chi connectivity index (χ0v) is 14.2. The number of rotatable bonds is 7. The lowest BCUT2D eigenvalue weighted by atomic mass is 9.83. The van der Waals surface area contributed by atoms with E-state index in [0.717, 1.165) is 6.42 Å². The summed E-state index contributed by atoms with van der Waals surface area (Å²) in [7, 11) is 1.62. The summed E-state index contributed by atoms with van der Waals surface area (Å²) in [5.74, 6) is 0.123. The van der Waals surface area contributed by atoms with E-state index >= 15 is 0 Å². The first-order valence-electron chi connectivity index (χ1n) is 8.02. The number of amides is 2. The molecule has 5 heteroatoms. The Bertz CT molecular complexity index is 380. The minimum absolute atomic E-state index is 0.0296. The standard InChI is InChI=1S/C16H30N2O3/c1-7-11(4)13-14(19)17-16(8-2,9-3)15(20)18(13)12(5)10-21-6/h11-13H,7-10H2,1-6H3,(H,17,19). The molecular formula is C16H30N2O3. The number of carbonyl (C=O) groups is 2. The van der Waals surface area contributed by atoms with Gasteiger partial charge in [-0.1, -0.05) is 34.1 Å². The Morgan fingerprint density at radius 2 is 1.81 bits per heavy atom. The topological polar surface area (TPSA) is 58.6 Å². The van der Waals surface area contributed by atoms with Crippen molar-refractivity contribution in [1.29, 1.82) is 0 Å². The van der Waals surface area contributed by atoms with Crippen LogP contribution in [0.2, 0.25) is 0 Å². The minimum atomic E-state index is -0.761. The Balaban J connectivity index is 3.23. The van der Waals surface area contributed by atoms with Crippen molar-refractivity contribution in [3.05, 3.63) is 0 Å². The highest BCUT2D eigenvalue weighted by Gasteiger charge is 2.51. The van der Waals surface area contributed by atoms with Gasteiger partial charge in [0, 0.05) is 7.11 Å². The number of hydrogen-bond donors (Lipinski definition) is 1. The van der Waals surface area contributed by atoms with Crippen LogP contribution in [0.5, 0.6) is 0 Å². The van der Waals surface area contributed by atoms with Crippen LogP contribution < -0.4 is 5.32 Å². The second-order valence-electron chi connectivity index (χ2n) is 6.13. The molecule has 0 aliphatic carbocycles. The third-order valence-electron chi connectivity index (χ3n) is 4.85. The van der Waals surface area contributed by atoms with Crippen LogP contribution in [-0.4, -0.2) is 48.1 Å². The van der Waals surface area contributed by atoms with E-state index in [0.29, 0.717) is 19.4 Å². The predicted octanol–water partition coefficient (Wildman–Crippen LogP) is 1.95. The molecule has 0 spiro atoms. The highest BCUT2D eigenvalue weighted by atomic mass is 16.5. The summed E-state index contributed by atoms with van der Waals surface area (Å²) in [6.07, 6.45) is 2.07. The Hall–Kier alpha value is -1.10. The summed E-state index contributed by atoms with van der Waals surface area (Å²) < 4.78 is 5.21. The molecule has 0 saturated carbocycles. The maximum atomic E-state index is 13.1. The van der Waals surface area contributed by atoms with Crippen molar-refractivity contribution in [2.45, 2.75) is 71.5 Å². The summed E-state index contributed by atoms with van der Waals surface area (Å²) in [5.41, 5.74) is -0.761. The molecule has 1 rings (SSSR count). The molecule has 0 aromatic carbocycles. The fourth-order valence-corrected chi connectivity index (χ4v) is 3.14. The van der Waals surface area contributed by atoms with Crippen molar-refractivity contribution in [3.8, 4) is 0 Å². The van der Waals surface area contributed by atoms with Gasteiger partial charge in [-0.05, 0) is 25.7 Å². The Morgan fingerprint density at radius 3 is 2.24 bits per heavy atom. The third-order valence-corrected chi connectivity index (χ3v) is 4.85. The molecule has 1 saturated heterocycles. The Labute approximate surface area is 128 Å². The van der Waals surface area contributed by atoms with E-state index in [1.807, 2.05) is 34.6 Å². The van der Waals surface area contributed by atoms with E-state index in [-0.39, 0.29) is 23.8 Å². The van der Waals surface area contributed by atoms with E-state index in [1.165, 1.54) is 0 Å². The lowest BCUT2D eigenvalue weighted by Crippen LogP contribution is -2.73. The van der Waals surface area contributed by atoms with Crippen LogP contribution in [0.1, 0.15) is 53.9 Å². The maximum Gasteiger partial charge on any atom is 0.249 e. The lowest BCUT2D eigenvalue weighted by molar-refractivity contribution is -0.161. The molecule has 0 radical (unpaired) electrons. The summed E-state index contributed by atoms with van der Waals surface area (Å²) in [4.78, 5) is 27.5. The van der Waals surface area contributed by atoms with Crippen LogP contribution in [-0.2, 0) is 14.3 Å². The summed E-state index contributed by atoms with van der Waals surface area (Å²) in [6, 6.07) is -0.510. The Kier molecular flexibility index (Phi) is 6.20. The second kappa shape index (κ2) is 7.25. The highest BCUT2D eigenvalue weighted by molar-refractivity contribution is 6.00. The van der Waals surface area contributed by atoms with Crippen LogP contribution in [0, 0.1) is 5.92 Å². The van der Waals surface area contributed by atoms with Gasteiger partial charge >= 0.3 is 0 Å². The molecule has 0 aromatic rings. The molecule has 122 valence electrons. The van der Waals surface area contributed by atoms with Gasteiger partial charge in [0.15, 0.2) is 0 Å². The molecule has 1 aliphatic rings. The number of piperazine rings is 1. The first-order chi connectivity index (χ1) is 9.88. The van der Waals surface area contributed by atoms with Gasteiger partial charge in [-0.3, -0.25) is 9.59 Å². The molecule has 1 N–H and O–H groups in total. The molecule has 2 amide bonds. The largest absolute Gasteiger partial charge is 0.383 e. The summed E-state index contributed by atoms with van der Waals surface area (Å²) in [6.45, 7) is 10.4. The van der Waals surface area contributed by atoms with E-state index in [9.17, 15) is 9.59 Å². The van der Waals surface area contributed by atoms with E-state index in [2.05, 4.69) is 5.32 Å². The van der Waals surface area contributed by atoms with Crippen molar-refractivity contribution in [1.82, 2.24) is 10.2 Å². The van der Waals surface area contributed by atoms with E-state index < -0.39 is 11.6 Å². The SMILES string of the molecule is CCC(C)C1C(=O)NC(CC)(CC)C(=O)N1C(C)COC. The third kappa shape index (κ3) is 3.23. The molecule has 1 aliphatic heterocycles. The van der Waals surface area contributed by atoms with Crippen LogP contribution in [0.15, 0.2) is 0 Å². The normalized spacial score (nSPS) is 24.7. The molecular weight excluding hydrogens is 268 g/mol. The number of ether oxygens (including phenoxy) is 1. The zero-order valence-electron chi connectivity index (χ0n) is 14.2. The van der Waals surface area contributed by atoms with Crippen LogP contribution in [0.4, 0.5) is 0 Å². The van der Waals surface area contributed by atoms with Gasteiger partial charge in [0.1, 0.15) is 11.6 Å². The number of hydrogen-bond acceptors (Lipinski definition) is 3. The molecule has 21 heavy (non-hydrogen) atoms. The number of carbonyl (C=O) groups excluding carboxylic acids is 2. The number of methoxy groups -OCH3 is 1. The van der Waals surface area contributed by atoms with Gasteiger partial charge in [-0.25, -0.2) is 0 Å². The van der Waals surface area contributed by atoms with Gasteiger partial charge in [0.2, 0.25) is 11.8 Å². The van der Waals surface area contributed by atoms with Gasteiger partial charge in [0.25, 0.3) is 0 Å². The van der Waals surface area contributed by atoms with Crippen LogP contribution in [0.25, 0.3) is 0 Å². The molecule has 5 nitrogen and oxygen atoms in total. The van der Waals surface area contributed by atoms with Crippen LogP contribution in [0.3, 0.4) is 0 Å². The second-order valence-corrected chi connectivity index (χ2v) is 6.13. The highest BCUT2D eigenvalue weighted by Crippen LogP contribution is 2.30. The molecule has 1 fully saturated rings. The Morgan fingerprint density at radius 1 is 1.24 bits per heavy atom. The zero-order chi connectivity index (χ0) is 16.2. The monoisotopic (exact) mass is 298 g/mol. The predicted molar refractivity (Wildman–Crippen MR) is 82.9 cm³/mol. The first-order valence-corrected chi connectivity index (χ1v) is 8.02. The van der Waals surface area contributed by atoms with Crippen molar-refractivity contribution in [2.75, 3.05) is 13.7 Å². The fraction of sp³-hybridized carbons (Fsp3) is 0.875. The quantitative estimate of drug-likeness (QED) is 0.781. The van der Waals surface area contributed by atoms with Crippen LogP contribution >= 0.6 is 0 Å².